The molecule has 0 saturated carbocycles. The van der Waals surface area contributed by atoms with Gasteiger partial charge in [-0.25, -0.2) is 9.07 Å². The molecule has 10 heteroatoms. The SMILES string of the molecule is O=C(Cn1cc(COc2ccccc2F)nn1)Nc1nncs1. The van der Waals surface area contributed by atoms with E-state index in [9.17, 15) is 9.18 Å². The molecule has 0 aliphatic carbocycles. The number of ether oxygens (including phenoxy) is 1. The summed E-state index contributed by atoms with van der Waals surface area (Å²) in [5.41, 5.74) is 2.00. The van der Waals surface area contributed by atoms with E-state index in [0.29, 0.717) is 10.8 Å². The normalized spacial score (nSPS) is 10.5. The summed E-state index contributed by atoms with van der Waals surface area (Å²) < 4.78 is 20.1. The molecule has 8 nitrogen and oxygen atoms in total. The Labute approximate surface area is 133 Å². The number of amides is 1. The summed E-state index contributed by atoms with van der Waals surface area (Å²) in [6.45, 7) is 0.0330. The number of anilines is 1. The van der Waals surface area contributed by atoms with Crippen molar-refractivity contribution in [2.24, 2.45) is 0 Å². The smallest absolute Gasteiger partial charge is 0.247 e. The Bertz CT molecular complexity index is 791. The molecule has 0 saturated heterocycles. The van der Waals surface area contributed by atoms with E-state index in [4.69, 9.17) is 4.74 Å². The Morgan fingerprint density at radius 3 is 3.00 bits per heavy atom. The van der Waals surface area contributed by atoms with E-state index in [-0.39, 0.29) is 24.8 Å². The highest BCUT2D eigenvalue weighted by molar-refractivity contribution is 7.13. The molecule has 0 bridgehead atoms. The standard InChI is InChI=1S/C13H11FN6O2S/c14-10-3-1-2-4-11(10)22-7-9-5-20(19-17-9)6-12(21)16-13-18-15-8-23-13/h1-5,8H,6-7H2,(H,16,18,21). The van der Waals surface area contributed by atoms with Crippen molar-refractivity contribution in [3.8, 4) is 5.75 Å². The molecule has 0 fully saturated rings. The topological polar surface area (TPSA) is 94.8 Å². The Morgan fingerprint density at radius 1 is 1.35 bits per heavy atom. The Morgan fingerprint density at radius 2 is 2.22 bits per heavy atom. The fourth-order valence-corrected chi connectivity index (χ4v) is 2.19. The zero-order valence-corrected chi connectivity index (χ0v) is 12.5. The van der Waals surface area contributed by atoms with Gasteiger partial charge >= 0.3 is 0 Å². The summed E-state index contributed by atoms with van der Waals surface area (Å²) in [7, 11) is 0. The largest absolute Gasteiger partial charge is 0.484 e. The molecule has 3 rings (SSSR count). The van der Waals surface area contributed by atoms with Crippen LogP contribution in [0.2, 0.25) is 0 Å². The van der Waals surface area contributed by atoms with Gasteiger partial charge in [0.05, 0.1) is 6.20 Å². The van der Waals surface area contributed by atoms with E-state index in [1.165, 1.54) is 33.7 Å². The molecule has 0 atom stereocenters. The summed E-state index contributed by atoms with van der Waals surface area (Å²) in [4.78, 5) is 11.8. The third kappa shape index (κ3) is 4.07. The molecular weight excluding hydrogens is 323 g/mol. The minimum absolute atomic E-state index is 0.0215. The molecule has 0 spiro atoms. The third-order valence-corrected chi connectivity index (χ3v) is 3.32. The lowest BCUT2D eigenvalue weighted by atomic mass is 10.3. The van der Waals surface area contributed by atoms with E-state index in [0.717, 1.165) is 0 Å². The van der Waals surface area contributed by atoms with Gasteiger partial charge in [-0.1, -0.05) is 28.7 Å². The van der Waals surface area contributed by atoms with Crippen LogP contribution in [-0.2, 0) is 17.9 Å². The van der Waals surface area contributed by atoms with Gasteiger partial charge in [0.1, 0.15) is 24.4 Å². The number of hydrogen-bond acceptors (Lipinski definition) is 7. The highest BCUT2D eigenvalue weighted by Gasteiger charge is 2.09. The van der Waals surface area contributed by atoms with Crippen LogP contribution in [0.4, 0.5) is 9.52 Å². The quantitative estimate of drug-likeness (QED) is 0.734. The Kier molecular flexibility index (Phi) is 4.52. The second-order valence-corrected chi connectivity index (χ2v) is 5.25. The maximum absolute atomic E-state index is 13.4. The fourth-order valence-electron chi connectivity index (χ4n) is 1.73. The number of aromatic nitrogens is 5. The first-order valence-electron chi connectivity index (χ1n) is 6.53. The average Bonchev–Trinajstić information content (AvgIpc) is 3.18. The second-order valence-electron chi connectivity index (χ2n) is 4.42. The molecule has 0 aliphatic heterocycles. The zero-order chi connectivity index (χ0) is 16.1. The van der Waals surface area contributed by atoms with Crippen LogP contribution >= 0.6 is 11.3 Å². The number of carbonyl (C=O) groups excluding carboxylic acids is 1. The van der Waals surface area contributed by atoms with E-state index >= 15 is 0 Å². The molecule has 1 amide bonds. The van der Waals surface area contributed by atoms with Crippen molar-refractivity contribution >= 4 is 22.4 Å². The van der Waals surface area contributed by atoms with Crippen molar-refractivity contribution in [1.82, 2.24) is 25.2 Å². The van der Waals surface area contributed by atoms with Crippen LogP contribution in [0.15, 0.2) is 36.0 Å². The van der Waals surface area contributed by atoms with Gasteiger partial charge in [0, 0.05) is 0 Å². The predicted octanol–water partition coefficient (Wildman–Crippen LogP) is 1.49. The first kappa shape index (κ1) is 15.0. The maximum Gasteiger partial charge on any atom is 0.247 e. The number of carbonyl (C=O) groups is 1. The van der Waals surface area contributed by atoms with Gasteiger partial charge in [-0.05, 0) is 12.1 Å². The lowest BCUT2D eigenvalue weighted by Gasteiger charge is -2.04. The molecule has 2 aromatic heterocycles. The molecule has 0 unspecified atom stereocenters. The number of nitrogens with zero attached hydrogens (tertiary/aromatic N) is 5. The zero-order valence-electron chi connectivity index (χ0n) is 11.7. The van der Waals surface area contributed by atoms with E-state index < -0.39 is 5.82 Å². The van der Waals surface area contributed by atoms with Crippen LogP contribution in [0.1, 0.15) is 5.69 Å². The molecule has 2 heterocycles. The van der Waals surface area contributed by atoms with E-state index in [1.54, 1.807) is 18.3 Å². The molecule has 1 N–H and O–H groups in total. The van der Waals surface area contributed by atoms with Gasteiger partial charge in [0.25, 0.3) is 0 Å². The summed E-state index contributed by atoms with van der Waals surface area (Å²) >= 11 is 1.22. The van der Waals surface area contributed by atoms with Crippen LogP contribution < -0.4 is 10.1 Å². The van der Waals surface area contributed by atoms with Gasteiger partial charge < -0.3 is 4.74 Å². The van der Waals surface area contributed by atoms with Crippen LogP contribution in [0.5, 0.6) is 5.75 Å². The average molecular weight is 334 g/mol. The van der Waals surface area contributed by atoms with Crippen LogP contribution in [-0.4, -0.2) is 31.1 Å². The number of hydrogen-bond donors (Lipinski definition) is 1. The van der Waals surface area contributed by atoms with Crippen LogP contribution in [0.3, 0.4) is 0 Å². The molecule has 3 aromatic rings. The van der Waals surface area contributed by atoms with Gasteiger partial charge in [-0.15, -0.1) is 15.3 Å². The molecule has 1 aromatic carbocycles. The summed E-state index contributed by atoms with van der Waals surface area (Å²) in [5, 5.41) is 18.0. The van der Waals surface area contributed by atoms with Crippen molar-refractivity contribution in [3.05, 3.63) is 47.5 Å². The van der Waals surface area contributed by atoms with E-state index in [1.807, 2.05) is 0 Å². The number of halogens is 1. The Hall–Kier alpha value is -2.88. The van der Waals surface area contributed by atoms with Gasteiger partial charge in [0.15, 0.2) is 11.6 Å². The van der Waals surface area contributed by atoms with Gasteiger partial charge in [-0.3, -0.25) is 10.1 Å². The highest BCUT2D eigenvalue weighted by Crippen LogP contribution is 2.16. The molecule has 23 heavy (non-hydrogen) atoms. The first-order valence-corrected chi connectivity index (χ1v) is 7.41. The third-order valence-electron chi connectivity index (χ3n) is 2.71. The maximum atomic E-state index is 13.4. The number of rotatable bonds is 6. The van der Waals surface area contributed by atoms with Crippen LogP contribution in [0, 0.1) is 5.82 Å². The monoisotopic (exact) mass is 334 g/mol. The minimum atomic E-state index is -0.448. The van der Waals surface area contributed by atoms with Gasteiger partial charge in [0.2, 0.25) is 11.0 Å². The molecule has 0 aliphatic rings. The summed E-state index contributed by atoms with van der Waals surface area (Å²) in [5.74, 6) is -0.611. The first-order chi connectivity index (χ1) is 11.2. The molecule has 118 valence electrons. The minimum Gasteiger partial charge on any atom is -0.484 e. The number of benzene rings is 1. The van der Waals surface area contributed by atoms with Crippen molar-refractivity contribution in [2.45, 2.75) is 13.2 Å². The fraction of sp³-hybridized carbons (Fsp3) is 0.154. The lowest BCUT2D eigenvalue weighted by molar-refractivity contribution is -0.116. The molecule has 0 radical (unpaired) electrons. The Balaban J connectivity index is 1.53. The highest BCUT2D eigenvalue weighted by atomic mass is 32.1. The predicted molar refractivity (Wildman–Crippen MR) is 79.3 cm³/mol. The number of para-hydroxylation sites is 1. The second kappa shape index (κ2) is 6.92. The summed E-state index contributed by atoms with van der Waals surface area (Å²) in [6.07, 6.45) is 1.56. The van der Waals surface area contributed by atoms with Crippen molar-refractivity contribution in [1.29, 1.82) is 0 Å². The van der Waals surface area contributed by atoms with Gasteiger partial charge in [-0.2, -0.15) is 0 Å². The lowest BCUT2D eigenvalue weighted by Crippen LogP contribution is -2.19. The molecular formula is C13H11FN6O2S. The number of nitrogens with one attached hydrogen (secondary N) is 1. The van der Waals surface area contributed by atoms with Crippen molar-refractivity contribution < 1.29 is 13.9 Å². The summed E-state index contributed by atoms with van der Waals surface area (Å²) in [6, 6.07) is 6.08. The van der Waals surface area contributed by atoms with Crippen molar-refractivity contribution in [3.63, 3.8) is 0 Å². The van der Waals surface area contributed by atoms with Crippen LogP contribution in [0.25, 0.3) is 0 Å². The van der Waals surface area contributed by atoms with E-state index in [2.05, 4.69) is 25.8 Å². The van der Waals surface area contributed by atoms with Crippen molar-refractivity contribution in [2.75, 3.05) is 5.32 Å².